The van der Waals surface area contributed by atoms with Gasteiger partial charge in [-0.05, 0) is 60.2 Å². The van der Waals surface area contributed by atoms with Gasteiger partial charge in [-0.2, -0.15) is 10.4 Å². The maximum atomic E-state index is 12.0. The third kappa shape index (κ3) is 7.65. The summed E-state index contributed by atoms with van der Waals surface area (Å²) in [7, 11) is 0. The van der Waals surface area contributed by atoms with Crippen molar-refractivity contribution in [2.75, 3.05) is 5.32 Å². The van der Waals surface area contributed by atoms with E-state index in [2.05, 4.69) is 21.9 Å². The number of rotatable bonds is 8. The quantitative estimate of drug-likeness (QED) is 0.271. The van der Waals surface area contributed by atoms with Crippen LogP contribution in [0.1, 0.15) is 23.1 Å². The second-order valence-corrected chi connectivity index (χ2v) is 7.68. The van der Waals surface area contributed by atoms with Crippen LogP contribution in [0.2, 0.25) is 10.0 Å². The molecule has 3 aromatic rings. The molecule has 0 unspecified atom stereocenters. The van der Waals surface area contributed by atoms with Gasteiger partial charge in [-0.3, -0.25) is 9.59 Å². The molecule has 3 aromatic carbocycles. The van der Waals surface area contributed by atoms with E-state index in [1.54, 1.807) is 66.7 Å². The average molecular weight is 481 g/mol. The summed E-state index contributed by atoms with van der Waals surface area (Å²) in [4.78, 5) is 24.0. The molecule has 0 aliphatic rings. The highest BCUT2D eigenvalue weighted by Crippen LogP contribution is 2.22. The Morgan fingerprint density at radius 3 is 2.36 bits per heavy atom. The molecule has 0 saturated heterocycles. The van der Waals surface area contributed by atoms with Crippen molar-refractivity contribution >= 4 is 46.9 Å². The molecule has 0 spiro atoms. The van der Waals surface area contributed by atoms with E-state index in [1.807, 2.05) is 0 Å². The molecule has 7 nitrogen and oxygen atoms in total. The lowest BCUT2D eigenvalue weighted by molar-refractivity contribution is -0.126. The van der Waals surface area contributed by atoms with Gasteiger partial charge in [0.25, 0.3) is 0 Å². The predicted octanol–water partition coefficient (Wildman–Crippen LogP) is 4.92. The SMILES string of the molecule is N#Cc1ccc(COc2ccc(Cl)cc2C=NNC(=O)CC(=O)Nc2ccc(Cl)cc2)cc1. The molecule has 0 saturated carbocycles. The number of amides is 2. The third-order valence-electron chi connectivity index (χ3n) is 4.29. The zero-order chi connectivity index (χ0) is 23.6. The van der Waals surface area contributed by atoms with Gasteiger partial charge in [0.05, 0.1) is 17.8 Å². The van der Waals surface area contributed by atoms with E-state index in [9.17, 15) is 9.59 Å². The van der Waals surface area contributed by atoms with E-state index < -0.39 is 18.2 Å². The van der Waals surface area contributed by atoms with Gasteiger partial charge in [-0.1, -0.05) is 35.3 Å². The second kappa shape index (κ2) is 11.7. The van der Waals surface area contributed by atoms with Crippen LogP contribution in [0, 0.1) is 11.3 Å². The fourth-order valence-corrected chi connectivity index (χ4v) is 2.99. The number of carbonyl (C=O) groups is 2. The Balaban J connectivity index is 1.55. The van der Waals surface area contributed by atoms with Crippen molar-refractivity contribution in [3.8, 4) is 11.8 Å². The number of benzene rings is 3. The minimum Gasteiger partial charge on any atom is -0.488 e. The van der Waals surface area contributed by atoms with Crippen LogP contribution in [0.4, 0.5) is 5.69 Å². The molecule has 2 N–H and O–H groups in total. The molecule has 166 valence electrons. The summed E-state index contributed by atoms with van der Waals surface area (Å²) in [5.41, 5.74) is 4.83. The highest BCUT2D eigenvalue weighted by atomic mass is 35.5. The van der Waals surface area contributed by atoms with Crippen molar-refractivity contribution in [1.29, 1.82) is 5.26 Å². The first kappa shape index (κ1) is 23.8. The Hall–Kier alpha value is -3.86. The lowest BCUT2D eigenvalue weighted by Crippen LogP contribution is -2.24. The van der Waals surface area contributed by atoms with Crippen molar-refractivity contribution in [3.63, 3.8) is 0 Å². The number of nitrogens with one attached hydrogen (secondary N) is 2. The number of nitrogens with zero attached hydrogens (tertiary/aromatic N) is 2. The Labute approximate surface area is 200 Å². The molecular formula is C24H18Cl2N4O3. The zero-order valence-electron chi connectivity index (χ0n) is 17.2. The summed E-state index contributed by atoms with van der Waals surface area (Å²) in [5.74, 6) is -0.568. The van der Waals surface area contributed by atoms with Crippen molar-refractivity contribution in [2.45, 2.75) is 13.0 Å². The highest BCUT2D eigenvalue weighted by Gasteiger charge is 2.09. The molecule has 0 aromatic heterocycles. The number of hydrazone groups is 1. The van der Waals surface area contributed by atoms with Crippen LogP contribution in [-0.2, 0) is 16.2 Å². The standard InChI is InChI=1S/C24H18Cl2N4O3/c25-19-5-8-21(9-6-19)29-23(31)12-24(32)30-28-14-18-11-20(26)7-10-22(18)33-15-17-3-1-16(13-27)2-4-17/h1-11,14H,12,15H2,(H,29,31)(H,30,32). The van der Waals surface area contributed by atoms with E-state index in [0.717, 1.165) is 5.56 Å². The summed E-state index contributed by atoms with van der Waals surface area (Å²) < 4.78 is 5.83. The molecular weight excluding hydrogens is 463 g/mol. The minimum absolute atomic E-state index is 0.269. The number of hydrogen-bond donors (Lipinski definition) is 2. The van der Waals surface area contributed by atoms with Gasteiger partial charge in [-0.15, -0.1) is 0 Å². The van der Waals surface area contributed by atoms with Gasteiger partial charge in [0.2, 0.25) is 11.8 Å². The summed E-state index contributed by atoms with van der Waals surface area (Å²) in [6.45, 7) is 0.269. The fourth-order valence-electron chi connectivity index (χ4n) is 2.69. The van der Waals surface area contributed by atoms with Crippen LogP contribution in [-0.4, -0.2) is 18.0 Å². The average Bonchev–Trinajstić information content (AvgIpc) is 2.80. The lowest BCUT2D eigenvalue weighted by Gasteiger charge is -2.10. The van der Waals surface area contributed by atoms with Gasteiger partial charge in [0, 0.05) is 21.3 Å². The maximum absolute atomic E-state index is 12.0. The van der Waals surface area contributed by atoms with Crippen LogP contribution in [0.3, 0.4) is 0 Å². The number of ether oxygens (including phenoxy) is 1. The van der Waals surface area contributed by atoms with Gasteiger partial charge in [0.15, 0.2) is 0 Å². The van der Waals surface area contributed by atoms with Crippen LogP contribution in [0.25, 0.3) is 0 Å². The molecule has 0 radical (unpaired) electrons. The van der Waals surface area contributed by atoms with Crippen molar-refractivity contribution < 1.29 is 14.3 Å². The van der Waals surface area contributed by atoms with Crippen molar-refractivity contribution in [1.82, 2.24) is 5.43 Å². The second-order valence-electron chi connectivity index (χ2n) is 6.80. The van der Waals surface area contributed by atoms with Crippen LogP contribution >= 0.6 is 23.2 Å². The van der Waals surface area contributed by atoms with E-state index in [0.29, 0.717) is 32.6 Å². The van der Waals surface area contributed by atoms with Crippen LogP contribution in [0.15, 0.2) is 71.8 Å². The number of hydrogen-bond acceptors (Lipinski definition) is 5. The van der Waals surface area contributed by atoms with E-state index in [1.165, 1.54) is 6.21 Å². The number of nitriles is 1. The smallest absolute Gasteiger partial charge is 0.249 e. The molecule has 0 aliphatic carbocycles. The molecule has 9 heteroatoms. The first-order valence-electron chi connectivity index (χ1n) is 9.71. The lowest BCUT2D eigenvalue weighted by atomic mass is 10.1. The first-order valence-corrected chi connectivity index (χ1v) is 10.5. The molecule has 0 aliphatic heterocycles. The Kier molecular flexibility index (Phi) is 8.42. The van der Waals surface area contributed by atoms with Gasteiger partial charge >= 0.3 is 0 Å². The predicted molar refractivity (Wildman–Crippen MR) is 127 cm³/mol. The van der Waals surface area contributed by atoms with E-state index in [-0.39, 0.29) is 6.61 Å². The van der Waals surface area contributed by atoms with E-state index in [4.69, 9.17) is 33.2 Å². The molecule has 33 heavy (non-hydrogen) atoms. The summed E-state index contributed by atoms with van der Waals surface area (Å²) >= 11 is 11.9. The minimum atomic E-state index is -0.584. The molecule has 3 rings (SSSR count). The molecule has 0 fully saturated rings. The van der Waals surface area contributed by atoms with Crippen molar-refractivity contribution in [2.24, 2.45) is 5.10 Å². The fraction of sp³-hybridized carbons (Fsp3) is 0.0833. The number of carbonyl (C=O) groups excluding carboxylic acids is 2. The third-order valence-corrected chi connectivity index (χ3v) is 4.78. The van der Waals surface area contributed by atoms with Crippen LogP contribution < -0.4 is 15.5 Å². The molecule has 0 atom stereocenters. The number of halogens is 2. The van der Waals surface area contributed by atoms with Gasteiger partial charge in [0.1, 0.15) is 18.8 Å². The summed E-state index contributed by atoms with van der Waals surface area (Å²) in [6, 6.07) is 20.6. The Morgan fingerprint density at radius 2 is 1.67 bits per heavy atom. The monoisotopic (exact) mass is 480 g/mol. The molecule has 0 bridgehead atoms. The Bertz CT molecular complexity index is 1200. The molecule has 0 heterocycles. The van der Waals surface area contributed by atoms with Crippen LogP contribution in [0.5, 0.6) is 5.75 Å². The highest BCUT2D eigenvalue weighted by molar-refractivity contribution is 6.31. The Morgan fingerprint density at radius 1 is 0.970 bits per heavy atom. The largest absolute Gasteiger partial charge is 0.488 e. The van der Waals surface area contributed by atoms with Gasteiger partial charge in [-0.25, -0.2) is 5.43 Å². The normalized spacial score (nSPS) is 10.5. The molecule has 2 amide bonds. The topological polar surface area (TPSA) is 104 Å². The maximum Gasteiger partial charge on any atom is 0.249 e. The van der Waals surface area contributed by atoms with Gasteiger partial charge < -0.3 is 10.1 Å². The summed E-state index contributed by atoms with van der Waals surface area (Å²) in [5, 5.41) is 16.4. The number of anilines is 1. The van der Waals surface area contributed by atoms with Crippen molar-refractivity contribution in [3.05, 3.63) is 93.5 Å². The first-order chi connectivity index (χ1) is 15.9. The zero-order valence-corrected chi connectivity index (χ0v) is 18.7. The van der Waals surface area contributed by atoms with E-state index >= 15 is 0 Å². The summed E-state index contributed by atoms with van der Waals surface area (Å²) in [6.07, 6.45) is 0.979.